The Morgan fingerprint density at radius 3 is 2.69 bits per heavy atom. The molecule has 1 saturated carbocycles. The van der Waals surface area contributed by atoms with Gasteiger partial charge in [0.1, 0.15) is 0 Å². The Morgan fingerprint density at radius 2 is 2.08 bits per heavy atom. The third-order valence-electron chi connectivity index (χ3n) is 2.21. The average molecular weight is 178 g/mol. The van der Waals surface area contributed by atoms with Gasteiger partial charge in [-0.15, -0.1) is 0 Å². The Bertz CT molecular complexity index is 275. The normalized spacial score (nSPS) is 15.7. The van der Waals surface area contributed by atoms with E-state index >= 15 is 0 Å². The number of aryl methyl sites for hydroxylation is 1. The lowest BCUT2D eigenvalue weighted by Gasteiger charge is -2.03. The maximum absolute atomic E-state index is 11.3. The van der Waals surface area contributed by atoms with Gasteiger partial charge in [-0.1, -0.05) is 0 Å². The summed E-state index contributed by atoms with van der Waals surface area (Å²) < 4.78 is 2.02. The summed E-state index contributed by atoms with van der Waals surface area (Å²) in [4.78, 5) is 11.3. The van der Waals surface area contributed by atoms with E-state index in [2.05, 4.69) is 5.32 Å². The van der Waals surface area contributed by atoms with Crippen molar-refractivity contribution in [3.63, 3.8) is 0 Å². The van der Waals surface area contributed by atoms with Crippen molar-refractivity contribution in [1.29, 1.82) is 0 Å². The Balaban J connectivity index is 1.69. The van der Waals surface area contributed by atoms with Gasteiger partial charge in [-0.05, 0) is 25.0 Å². The van der Waals surface area contributed by atoms with Gasteiger partial charge in [0.2, 0.25) is 5.91 Å². The van der Waals surface area contributed by atoms with Crippen molar-refractivity contribution in [2.24, 2.45) is 0 Å². The van der Waals surface area contributed by atoms with Gasteiger partial charge in [0.25, 0.3) is 0 Å². The predicted octanol–water partition coefficient (Wildman–Crippen LogP) is 1.16. The summed E-state index contributed by atoms with van der Waals surface area (Å²) >= 11 is 0. The molecule has 3 nitrogen and oxygen atoms in total. The molecule has 0 radical (unpaired) electrons. The molecular formula is C10H14N2O. The third kappa shape index (κ3) is 2.61. The standard InChI is InChI=1S/C10H14N2O/c13-10(11-9-3-4-9)5-8-12-6-1-2-7-12/h1-2,6-7,9H,3-5,8H2,(H,11,13). The van der Waals surface area contributed by atoms with E-state index in [4.69, 9.17) is 0 Å². The second-order valence-electron chi connectivity index (χ2n) is 3.51. The monoisotopic (exact) mass is 178 g/mol. The summed E-state index contributed by atoms with van der Waals surface area (Å²) in [5, 5.41) is 2.96. The molecule has 0 aromatic carbocycles. The molecule has 0 bridgehead atoms. The number of nitrogens with one attached hydrogen (secondary N) is 1. The highest BCUT2D eigenvalue weighted by Gasteiger charge is 2.22. The van der Waals surface area contributed by atoms with E-state index in [1.54, 1.807) is 0 Å². The number of carbonyl (C=O) groups is 1. The summed E-state index contributed by atoms with van der Waals surface area (Å²) in [5.41, 5.74) is 0. The second-order valence-corrected chi connectivity index (χ2v) is 3.51. The van der Waals surface area contributed by atoms with Crippen molar-refractivity contribution in [3.05, 3.63) is 24.5 Å². The van der Waals surface area contributed by atoms with Crippen LogP contribution in [0.1, 0.15) is 19.3 Å². The van der Waals surface area contributed by atoms with Gasteiger partial charge in [0.05, 0.1) is 0 Å². The average Bonchev–Trinajstić information content (AvgIpc) is 2.78. The van der Waals surface area contributed by atoms with Crippen molar-refractivity contribution in [1.82, 2.24) is 9.88 Å². The van der Waals surface area contributed by atoms with Crippen LogP contribution in [-0.2, 0) is 11.3 Å². The van der Waals surface area contributed by atoms with Crippen molar-refractivity contribution in [3.8, 4) is 0 Å². The highest BCUT2D eigenvalue weighted by molar-refractivity contribution is 5.76. The van der Waals surface area contributed by atoms with Gasteiger partial charge < -0.3 is 9.88 Å². The van der Waals surface area contributed by atoms with Crippen LogP contribution < -0.4 is 5.32 Å². The number of amides is 1. The minimum Gasteiger partial charge on any atom is -0.354 e. The van der Waals surface area contributed by atoms with E-state index in [0.717, 1.165) is 19.4 Å². The molecule has 1 aromatic rings. The van der Waals surface area contributed by atoms with Gasteiger partial charge in [0.15, 0.2) is 0 Å². The van der Waals surface area contributed by atoms with Crippen LogP contribution in [-0.4, -0.2) is 16.5 Å². The van der Waals surface area contributed by atoms with Crippen LogP contribution in [0.15, 0.2) is 24.5 Å². The van der Waals surface area contributed by atoms with Crippen LogP contribution in [0.5, 0.6) is 0 Å². The number of rotatable bonds is 4. The number of nitrogens with zero attached hydrogens (tertiary/aromatic N) is 1. The van der Waals surface area contributed by atoms with Crippen LogP contribution >= 0.6 is 0 Å². The quantitative estimate of drug-likeness (QED) is 0.737. The predicted molar refractivity (Wildman–Crippen MR) is 50.2 cm³/mol. The summed E-state index contributed by atoms with van der Waals surface area (Å²) in [6.07, 6.45) is 6.87. The first kappa shape index (κ1) is 8.35. The molecule has 1 N–H and O–H groups in total. The minimum absolute atomic E-state index is 0.177. The molecule has 1 aromatic heterocycles. The summed E-state index contributed by atoms with van der Waals surface area (Å²) in [5.74, 6) is 0.177. The van der Waals surface area contributed by atoms with Gasteiger partial charge in [-0.25, -0.2) is 0 Å². The first-order chi connectivity index (χ1) is 6.34. The maximum Gasteiger partial charge on any atom is 0.222 e. The number of carbonyl (C=O) groups excluding carboxylic acids is 1. The van der Waals surface area contributed by atoms with Crippen molar-refractivity contribution in [2.75, 3.05) is 0 Å². The number of hydrogen-bond donors (Lipinski definition) is 1. The lowest BCUT2D eigenvalue weighted by atomic mass is 10.4. The summed E-state index contributed by atoms with van der Waals surface area (Å²) in [6, 6.07) is 4.43. The lowest BCUT2D eigenvalue weighted by Crippen LogP contribution is -2.26. The molecule has 1 heterocycles. The minimum atomic E-state index is 0.177. The largest absolute Gasteiger partial charge is 0.354 e. The molecule has 0 aliphatic heterocycles. The van der Waals surface area contributed by atoms with Crippen molar-refractivity contribution in [2.45, 2.75) is 31.8 Å². The molecule has 0 atom stereocenters. The first-order valence-corrected chi connectivity index (χ1v) is 4.75. The zero-order chi connectivity index (χ0) is 9.10. The van der Waals surface area contributed by atoms with E-state index in [1.165, 1.54) is 0 Å². The molecule has 1 aliphatic rings. The van der Waals surface area contributed by atoms with E-state index < -0.39 is 0 Å². The van der Waals surface area contributed by atoms with Crippen LogP contribution in [0.4, 0.5) is 0 Å². The second kappa shape index (κ2) is 3.64. The summed E-state index contributed by atoms with van der Waals surface area (Å²) in [7, 11) is 0. The molecule has 3 heteroatoms. The topological polar surface area (TPSA) is 34.0 Å². The Kier molecular flexibility index (Phi) is 2.34. The number of aromatic nitrogens is 1. The Labute approximate surface area is 77.7 Å². The fourth-order valence-corrected chi connectivity index (χ4v) is 1.28. The molecular weight excluding hydrogens is 164 g/mol. The van der Waals surface area contributed by atoms with Gasteiger partial charge >= 0.3 is 0 Å². The van der Waals surface area contributed by atoms with Gasteiger partial charge in [-0.3, -0.25) is 4.79 Å². The molecule has 0 spiro atoms. The lowest BCUT2D eigenvalue weighted by molar-refractivity contribution is -0.121. The first-order valence-electron chi connectivity index (χ1n) is 4.75. The van der Waals surface area contributed by atoms with E-state index in [1.807, 2.05) is 29.1 Å². The highest BCUT2D eigenvalue weighted by atomic mass is 16.1. The van der Waals surface area contributed by atoms with Crippen LogP contribution in [0.3, 0.4) is 0 Å². The van der Waals surface area contributed by atoms with Crippen molar-refractivity contribution >= 4 is 5.91 Å². The van der Waals surface area contributed by atoms with Gasteiger partial charge in [0, 0.05) is 31.4 Å². The molecule has 0 unspecified atom stereocenters. The van der Waals surface area contributed by atoms with E-state index in [-0.39, 0.29) is 5.91 Å². The maximum atomic E-state index is 11.3. The van der Waals surface area contributed by atoms with Crippen molar-refractivity contribution < 1.29 is 4.79 Å². The van der Waals surface area contributed by atoms with E-state index in [0.29, 0.717) is 12.5 Å². The zero-order valence-corrected chi connectivity index (χ0v) is 7.57. The molecule has 1 aliphatic carbocycles. The van der Waals surface area contributed by atoms with Crippen LogP contribution in [0.25, 0.3) is 0 Å². The third-order valence-corrected chi connectivity index (χ3v) is 2.21. The fraction of sp³-hybridized carbons (Fsp3) is 0.500. The molecule has 2 rings (SSSR count). The molecule has 1 fully saturated rings. The number of hydrogen-bond acceptors (Lipinski definition) is 1. The summed E-state index contributed by atoms with van der Waals surface area (Å²) in [6.45, 7) is 0.783. The SMILES string of the molecule is O=C(CCn1cccc1)NC1CC1. The highest BCUT2D eigenvalue weighted by Crippen LogP contribution is 2.18. The van der Waals surface area contributed by atoms with Crippen LogP contribution in [0, 0.1) is 0 Å². The Morgan fingerprint density at radius 1 is 1.38 bits per heavy atom. The van der Waals surface area contributed by atoms with E-state index in [9.17, 15) is 4.79 Å². The van der Waals surface area contributed by atoms with Gasteiger partial charge in [-0.2, -0.15) is 0 Å². The zero-order valence-electron chi connectivity index (χ0n) is 7.57. The Hall–Kier alpha value is -1.25. The molecule has 1 amide bonds. The van der Waals surface area contributed by atoms with Crippen LogP contribution in [0.2, 0.25) is 0 Å². The molecule has 13 heavy (non-hydrogen) atoms. The fourth-order valence-electron chi connectivity index (χ4n) is 1.28. The smallest absolute Gasteiger partial charge is 0.222 e. The molecule has 0 saturated heterocycles. The molecule has 70 valence electrons.